The Bertz CT molecular complexity index is 869. The van der Waals surface area contributed by atoms with E-state index in [1.54, 1.807) is 24.1 Å². The van der Waals surface area contributed by atoms with E-state index in [1.807, 2.05) is 36.4 Å². The predicted molar refractivity (Wildman–Crippen MR) is 98.3 cm³/mol. The first-order valence-corrected chi connectivity index (χ1v) is 8.77. The number of hydrogen-bond acceptors (Lipinski definition) is 5. The number of piperazine rings is 1. The van der Waals surface area contributed by atoms with Crippen LogP contribution in [0.1, 0.15) is 0 Å². The number of carbonyl (C=O) groups is 2. The Morgan fingerprint density at radius 1 is 1.11 bits per heavy atom. The number of ether oxygens (including phenoxy) is 3. The second-order valence-corrected chi connectivity index (χ2v) is 6.37. The van der Waals surface area contributed by atoms with E-state index in [9.17, 15) is 9.59 Å². The second-order valence-electron chi connectivity index (χ2n) is 6.37. The molecular weight excluding hydrogens is 348 g/mol. The third-order valence-electron chi connectivity index (χ3n) is 4.68. The van der Waals surface area contributed by atoms with Crippen molar-refractivity contribution < 1.29 is 23.8 Å². The molecule has 2 aromatic carbocycles. The molecule has 0 spiro atoms. The molecule has 2 aromatic rings. The first kappa shape index (κ1) is 17.2. The largest absolute Gasteiger partial charge is 0.497 e. The van der Waals surface area contributed by atoms with Crippen LogP contribution in [0.3, 0.4) is 0 Å². The van der Waals surface area contributed by atoms with Crippen LogP contribution in [0, 0.1) is 0 Å². The molecule has 0 saturated carbocycles. The van der Waals surface area contributed by atoms with Crippen LogP contribution in [0.5, 0.6) is 17.2 Å². The van der Waals surface area contributed by atoms with Gasteiger partial charge in [-0.15, -0.1) is 0 Å². The van der Waals surface area contributed by atoms with Crippen LogP contribution in [-0.2, 0) is 9.59 Å². The number of hydrogen-bond donors (Lipinski definition) is 0. The smallest absolute Gasteiger partial charge is 0.267 e. The van der Waals surface area contributed by atoms with Gasteiger partial charge in [0.2, 0.25) is 12.0 Å². The molecule has 0 aromatic heterocycles. The molecule has 0 radical (unpaired) electrons. The molecule has 0 bridgehead atoms. The fourth-order valence-corrected chi connectivity index (χ4v) is 3.26. The summed E-state index contributed by atoms with van der Waals surface area (Å²) >= 11 is 0. The fourth-order valence-electron chi connectivity index (χ4n) is 3.26. The zero-order valence-electron chi connectivity index (χ0n) is 15.0. The summed E-state index contributed by atoms with van der Waals surface area (Å²) in [6.07, 6.45) is -0.740. The number of rotatable bonds is 3. The minimum Gasteiger partial charge on any atom is -0.497 e. The van der Waals surface area contributed by atoms with Crippen molar-refractivity contribution >= 4 is 17.5 Å². The SMILES string of the molecule is COc1cccc(N2CCN(C(=O)C3COc4ccccc4O3)CC2=O)c1. The maximum atomic E-state index is 12.8. The zero-order chi connectivity index (χ0) is 18.8. The maximum Gasteiger partial charge on any atom is 0.267 e. The van der Waals surface area contributed by atoms with E-state index in [0.29, 0.717) is 30.3 Å². The van der Waals surface area contributed by atoms with Crippen molar-refractivity contribution in [1.29, 1.82) is 0 Å². The number of methoxy groups -OCH3 is 1. The number of benzene rings is 2. The zero-order valence-corrected chi connectivity index (χ0v) is 15.0. The molecule has 4 rings (SSSR count). The highest BCUT2D eigenvalue weighted by atomic mass is 16.6. The van der Waals surface area contributed by atoms with Crippen LogP contribution in [0.25, 0.3) is 0 Å². The van der Waals surface area contributed by atoms with Crippen LogP contribution >= 0.6 is 0 Å². The summed E-state index contributed by atoms with van der Waals surface area (Å²) in [6.45, 7) is 1.00. The number of para-hydroxylation sites is 2. The maximum absolute atomic E-state index is 12.8. The van der Waals surface area contributed by atoms with Crippen molar-refractivity contribution in [2.45, 2.75) is 6.10 Å². The molecule has 7 heteroatoms. The standard InChI is InChI=1S/C20H20N2O5/c1-25-15-6-4-5-14(11-15)22-10-9-21(12-19(22)23)20(24)18-13-26-16-7-2-3-8-17(16)27-18/h2-8,11,18H,9-10,12-13H2,1H3. The van der Waals surface area contributed by atoms with Crippen molar-refractivity contribution in [3.05, 3.63) is 48.5 Å². The number of anilines is 1. The quantitative estimate of drug-likeness (QED) is 0.825. The average Bonchev–Trinajstić information content (AvgIpc) is 2.72. The number of carbonyl (C=O) groups excluding carboxylic acids is 2. The van der Waals surface area contributed by atoms with E-state index in [0.717, 1.165) is 5.69 Å². The van der Waals surface area contributed by atoms with Crippen molar-refractivity contribution in [2.75, 3.05) is 38.3 Å². The van der Waals surface area contributed by atoms with Crippen LogP contribution in [-0.4, -0.2) is 56.2 Å². The normalized spacial score (nSPS) is 19.0. The summed E-state index contributed by atoms with van der Waals surface area (Å²) in [5, 5.41) is 0. The Labute approximate surface area is 157 Å². The molecule has 1 atom stereocenters. The minimum atomic E-state index is -0.740. The Balaban J connectivity index is 1.42. The molecule has 1 unspecified atom stereocenters. The molecule has 2 aliphatic heterocycles. The van der Waals surface area contributed by atoms with Gasteiger partial charge in [0, 0.05) is 24.8 Å². The van der Waals surface area contributed by atoms with Crippen molar-refractivity contribution in [3.8, 4) is 17.2 Å². The monoisotopic (exact) mass is 368 g/mol. The molecule has 2 heterocycles. The van der Waals surface area contributed by atoms with E-state index in [-0.39, 0.29) is 25.0 Å². The van der Waals surface area contributed by atoms with Crippen molar-refractivity contribution in [2.24, 2.45) is 0 Å². The summed E-state index contributed by atoms with van der Waals surface area (Å²) in [4.78, 5) is 28.6. The first-order chi connectivity index (χ1) is 13.2. The lowest BCUT2D eigenvalue weighted by molar-refractivity contribution is -0.145. The highest BCUT2D eigenvalue weighted by molar-refractivity contribution is 5.98. The minimum absolute atomic E-state index is 0.0115. The van der Waals surface area contributed by atoms with Crippen LogP contribution in [0.15, 0.2) is 48.5 Å². The molecular formula is C20H20N2O5. The Morgan fingerprint density at radius 3 is 2.70 bits per heavy atom. The van der Waals surface area contributed by atoms with Crippen LogP contribution in [0.2, 0.25) is 0 Å². The van der Waals surface area contributed by atoms with Gasteiger partial charge in [-0.05, 0) is 24.3 Å². The molecule has 27 heavy (non-hydrogen) atoms. The average molecular weight is 368 g/mol. The van der Waals surface area contributed by atoms with Gasteiger partial charge in [-0.25, -0.2) is 0 Å². The molecule has 7 nitrogen and oxygen atoms in total. The van der Waals surface area contributed by atoms with Gasteiger partial charge in [-0.1, -0.05) is 18.2 Å². The Hall–Kier alpha value is -3.22. The van der Waals surface area contributed by atoms with E-state index in [1.165, 1.54) is 4.90 Å². The Morgan fingerprint density at radius 2 is 1.93 bits per heavy atom. The third-order valence-corrected chi connectivity index (χ3v) is 4.68. The lowest BCUT2D eigenvalue weighted by Crippen LogP contribution is -2.56. The fraction of sp³-hybridized carbons (Fsp3) is 0.300. The highest BCUT2D eigenvalue weighted by Crippen LogP contribution is 2.31. The molecule has 0 aliphatic carbocycles. The van der Waals surface area contributed by atoms with Gasteiger partial charge in [0.25, 0.3) is 5.91 Å². The topological polar surface area (TPSA) is 68.3 Å². The van der Waals surface area contributed by atoms with E-state index >= 15 is 0 Å². The summed E-state index contributed by atoms with van der Waals surface area (Å²) in [5.41, 5.74) is 0.762. The molecule has 1 saturated heterocycles. The second kappa shape index (κ2) is 7.19. The van der Waals surface area contributed by atoms with E-state index in [4.69, 9.17) is 14.2 Å². The lowest BCUT2D eigenvalue weighted by Gasteiger charge is -2.36. The van der Waals surface area contributed by atoms with E-state index < -0.39 is 6.10 Å². The van der Waals surface area contributed by atoms with Crippen LogP contribution < -0.4 is 19.1 Å². The number of fused-ring (bicyclic) bond motifs is 1. The molecule has 140 valence electrons. The van der Waals surface area contributed by atoms with Crippen molar-refractivity contribution in [1.82, 2.24) is 4.90 Å². The molecule has 1 fully saturated rings. The highest BCUT2D eigenvalue weighted by Gasteiger charge is 2.35. The van der Waals surface area contributed by atoms with Crippen molar-refractivity contribution in [3.63, 3.8) is 0 Å². The Kier molecular flexibility index (Phi) is 4.58. The summed E-state index contributed by atoms with van der Waals surface area (Å²) < 4.78 is 16.6. The summed E-state index contributed by atoms with van der Waals surface area (Å²) in [7, 11) is 1.59. The van der Waals surface area contributed by atoms with Gasteiger partial charge in [-0.2, -0.15) is 0 Å². The van der Waals surface area contributed by atoms with E-state index in [2.05, 4.69) is 0 Å². The third kappa shape index (κ3) is 3.40. The van der Waals surface area contributed by atoms with Gasteiger partial charge in [0.1, 0.15) is 18.9 Å². The van der Waals surface area contributed by atoms with Gasteiger partial charge in [-0.3, -0.25) is 9.59 Å². The van der Waals surface area contributed by atoms with Gasteiger partial charge in [0.05, 0.1) is 7.11 Å². The molecule has 0 N–H and O–H groups in total. The first-order valence-electron chi connectivity index (χ1n) is 8.77. The van der Waals surface area contributed by atoms with Gasteiger partial charge in [0.15, 0.2) is 11.5 Å². The summed E-state index contributed by atoms with van der Waals surface area (Å²) in [6, 6.07) is 14.6. The summed E-state index contributed by atoms with van der Waals surface area (Å²) in [5.74, 6) is 1.48. The molecule has 2 aliphatic rings. The number of nitrogens with zero attached hydrogens (tertiary/aromatic N) is 2. The lowest BCUT2D eigenvalue weighted by atomic mass is 10.2. The number of amides is 2. The van der Waals surface area contributed by atoms with Gasteiger partial charge >= 0.3 is 0 Å². The van der Waals surface area contributed by atoms with Gasteiger partial charge < -0.3 is 24.0 Å². The van der Waals surface area contributed by atoms with Crippen LogP contribution in [0.4, 0.5) is 5.69 Å². The predicted octanol–water partition coefficient (Wildman–Crippen LogP) is 1.71. The molecule has 2 amide bonds.